The highest BCUT2D eigenvalue weighted by Crippen LogP contribution is 2.10. The highest BCUT2D eigenvalue weighted by molar-refractivity contribution is 7.76. The average Bonchev–Trinajstić information content (AvgIpc) is 2.31. The summed E-state index contributed by atoms with van der Waals surface area (Å²) in [6, 6.07) is 0. The fourth-order valence-electron chi connectivity index (χ4n) is 0.909. The summed E-state index contributed by atoms with van der Waals surface area (Å²) in [5, 5.41) is 5.55. The van der Waals surface area contributed by atoms with Crippen LogP contribution in [0.3, 0.4) is 0 Å². The third-order valence-corrected chi connectivity index (χ3v) is 2.88. The van der Waals surface area contributed by atoms with Gasteiger partial charge in [0.15, 0.2) is 3.95 Å². The Hall–Kier alpha value is -0.790. The number of nitrogens with one attached hydrogen (secondary N) is 3. The van der Waals surface area contributed by atoms with Crippen molar-refractivity contribution in [1.29, 1.82) is 0 Å². The maximum Gasteiger partial charge on any atom is 0.275 e. The molecular formula is C5H3N3OS3. The van der Waals surface area contributed by atoms with Crippen LogP contribution in [-0.4, -0.2) is 15.2 Å². The summed E-state index contributed by atoms with van der Waals surface area (Å²) in [6.07, 6.45) is 0. The van der Waals surface area contributed by atoms with Crippen LogP contribution < -0.4 is 5.56 Å². The second kappa shape index (κ2) is 2.61. The van der Waals surface area contributed by atoms with Crippen molar-refractivity contribution in [1.82, 2.24) is 15.2 Å². The van der Waals surface area contributed by atoms with Gasteiger partial charge in [0.1, 0.15) is 14.9 Å². The molecule has 0 aliphatic heterocycles. The van der Waals surface area contributed by atoms with Crippen LogP contribution in [0.5, 0.6) is 0 Å². The summed E-state index contributed by atoms with van der Waals surface area (Å²) in [6.45, 7) is 0. The molecule has 62 valence electrons. The van der Waals surface area contributed by atoms with Crippen molar-refractivity contribution >= 4 is 46.8 Å². The summed E-state index contributed by atoms with van der Waals surface area (Å²) in [5.41, 5.74) is 0.353. The van der Waals surface area contributed by atoms with E-state index in [-0.39, 0.29) is 5.56 Å². The smallest absolute Gasteiger partial charge is 0.275 e. The van der Waals surface area contributed by atoms with Crippen LogP contribution in [0.2, 0.25) is 0 Å². The monoisotopic (exact) mass is 217 g/mol. The molecule has 0 unspecified atom stereocenters. The Labute approximate surface area is 80.3 Å². The van der Waals surface area contributed by atoms with Crippen LogP contribution in [0, 0.1) is 7.78 Å². The first-order valence-electron chi connectivity index (χ1n) is 3.02. The van der Waals surface area contributed by atoms with E-state index in [0.29, 0.717) is 18.8 Å². The predicted molar refractivity (Wildman–Crippen MR) is 52.8 cm³/mol. The molecule has 0 aliphatic rings. The van der Waals surface area contributed by atoms with Crippen molar-refractivity contribution in [3.05, 3.63) is 18.1 Å². The van der Waals surface area contributed by atoms with Crippen LogP contribution in [0.25, 0.3) is 11.0 Å². The molecule has 0 atom stereocenters. The Morgan fingerprint density at radius 3 is 2.75 bits per heavy atom. The molecule has 0 saturated heterocycles. The van der Waals surface area contributed by atoms with Gasteiger partial charge < -0.3 is 4.98 Å². The fraction of sp³-hybridized carbons (Fsp3) is 0. The molecule has 3 N–H and O–H groups in total. The second-order valence-corrected chi connectivity index (χ2v) is 4.49. The number of fused-ring (bicyclic) bond motifs is 1. The van der Waals surface area contributed by atoms with Crippen molar-refractivity contribution in [3.8, 4) is 0 Å². The van der Waals surface area contributed by atoms with E-state index in [4.69, 9.17) is 24.4 Å². The minimum Gasteiger partial charge on any atom is -0.323 e. The van der Waals surface area contributed by atoms with Crippen LogP contribution in [-0.2, 0) is 0 Å². The van der Waals surface area contributed by atoms with Gasteiger partial charge in [-0.1, -0.05) is 23.6 Å². The van der Waals surface area contributed by atoms with Gasteiger partial charge in [-0.15, -0.1) is 0 Å². The largest absolute Gasteiger partial charge is 0.323 e. The molecule has 0 fully saturated rings. The highest BCUT2D eigenvalue weighted by Gasteiger charge is 2.02. The van der Waals surface area contributed by atoms with Crippen LogP contribution >= 0.6 is 35.8 Å². The van der Waals surface area contributed by atoms with Crippen LogP contribution in [0.4, 0.5) is 0 Å². The average molecular weight is 217 g/mol. The van der Waals surface area contributed by atoms with Crippen molar-refractivity contribution in [3.63, 3.8) is 0 Å². The van der Waals surface area contributed by atoms with E-state index in [1.54, 1.807) is 0 Å². The van der Waals surface area contributed by atoms with Crippen LogP contribution in [0.1, 0.15) is 0 Å². The van der Waals surface area contributed by atoms with E-state index in [2.05, 4.69) is 15.2 Å². The Morgan fingerprint density at radius 1 is 1.25 bits per heavy atom. The Bertz CT molecular complexity index is 586. The third kappa shape index (κ3) is 1.06. The number of H-pyrrole nitrogens is 3. The molecule has 12 heavy (non-hydrogen) atoms. The van der Waals surface area contributed by atoms with Gasteiger partial charge in [0, 0.05) is 0 Å². The molecule has 2 aromatic rings. The van der Waals surface area contributed by atoms with Crippen molar-refractivity contribution in [2.45, 2.75) is 0 Å². The topological polar surface area (TPSA) is 64.4 Å². The Morgan fingerprint density at radius 2 is 2.00 bits per heavy atom. The molecule has 2 rings (SSSR count). The molecule has 2 aromatic heterocycles. The zero-order valence-corrected chi connectivity index (χ0v) is 8.08. The standard InChI is InChI=1S/C5H3N3OS3/c9-3-1-2(7-8-3)6-5(11)12-4(1)10/h(H3,6,7,8,9,11). The molecule has 0 spiro atoms. The van der Waals surface area contributed by atoms with Gasteiger partial charge in [0.05, 0.1) is 0 Å². The second-order valence-electron chi connectivity index (χ2n) is 2.13. The zero-order valence-electron chi connectivity index (χ0n) is 5.63. The lowest BCUT2D eigenvalue weighted by Crippen LogP contribution is -1.97. The molecule has 4 nitrogen and oxygen atoms in total. The summed E-state index contributed by atoms with van der Waals surface area (Å²) in [7, 11) is 0. The highest BCUT2D eigenvalue weighted by atomic mass is 32.2. The third-order valence-electron chi connectivity index (χ3n) is 1.39. The van der Waals surface area contributed by atoms with Gasteiger partial charge in [0.2, 0.25) is 0 Å². The van der Waals surface area contributed by atoms with Gasteiger partial charge in [0.25, 0.3) is 5.56 Å². The molecule has 0 bridgehead atoms. The van der Waals surface area contributed by atoms with Gasteiger partial charge in [-0.25, -0.2) is 0 Å². The SMILES string of the molecule is O=c1[nH][nH]c2[nH]c(=S)sc(=S)c12. The first kappa shape index (κ1) is 7.84. The number of rotatable bonds is 0. The van der Waals surface area contributed by atoms with Crippen LogP contribution in [0.15, 0.2) is 4.79 Å². The van der Waals surface area contributed by atoms with E-state index in [0.717, 1.165) is 0 Å². The van der Waals surface area contributed by atoms with E-state index in [1.165, 1.54) is 11.3 Å². The molecule has 0 saturated carbocycles. The molecule has 0 radical (unpaired) electrons. The number of aromatic amines is 3. The van der Waals surface area contributed by atoms with Crippen molar-refractivity contribution < 1.29 is 0 Å². The van der Waals surface area contributed by atoms with Gasteiger partial charge in [-0.05, 0) is 12.2 Å². The lowest BCUT2D eigenvalue weighted by molar-refractivity contribution is 1.06. The lowest BCUT2D eigenvalue weighted by atomic mass is 10.5. The molecule has 0 aliphatic carbocycles. The summed E-state index contributed by atoms with van der Waals surface area (Å²) >= 11 is 11.1. The molecule has 0 aromatic carbocycles. The van der Waals surface area contributed by atoms with E-state index in [9.17, 15) is 4.79 Å². The molecular weight excluding hydrogens is 214 g/mol. The maximum atomic E-state index is 11.1. The molecule has 0 amide bonds. The minimum absolute atomic E-state index is 0.211. The number of hydrogen-bond donors (Lipinski definition) is 3. The maximum absolute atomic E-state index is 11.1. The summed E-state index contributed by atoms with van der Waals surface area (Å²) in [5.74, 6) is 0. The first-order chi connectivity index (χ1) is 5.68. The van der Waals surface area contributed by atoms with E-state index < -0.39 is 0 Å². The quantitative estimate of drug-likeness (QED) is 0.588. The van der Waals surface area contributed by atoms with Crippen molar-refractivity contribution in [2.75, 3.05) is 0 Å². The van der Waals surface area contributed by atoms with Crippen molar-refractivity contribution in [2.24, 2.45) is 0 Å². The first-order valence-corrected chi connectivity index (χ1v) is 4.65. The van der Waals surface area contributed by atoms with E-state index >= 15 is 0 Å². The van der Waals surface area contributed by atoms with Gasteiger partial charge in [-0.2, -0.15) is 0 Å². The number of hydrogen-bond acceptors (Lipinski definition) is 4. The van der Waals surface area contributed by atoms with Gasteiger partial charge in [-0.3, -0.25) is 15.0 Å². The number of aromatic nitrogens is 3. The molecule has 7 heteroatoms. The Balaban J connectivity index is 3.25. The fourth-order valence-corrected chi connectivity index (χ4v) is 2.48. The summed E-state index contributed by atoms with van der Waals surface area (Å²) < 4.78 is 1.07. The zero-order chi connectivity index (χ0) is 8.72. The van der Waals surface area contributed by atoms with E-state index in [1.807, 2.05) is 0 Å². The summed E-state index contributed by atoms with van der Waals surface area (Å²) in [4.78, 5) is 13.9. The Kier molecular flexibility index (Phi) is 1.71. The normalized spacial score (nSPS) is 10.7. The molecule has 2 heterocycles. The minimum atomic E-state index is -0.211. The predicted octanol–water partition coefficient (Wildman–Crippen LogP) is 1.70. The van der Waals surface area contributed by atoms with Gasteiger partial charge >= 0.3 is 0 Å². The lowest BCUT2D eigenvalue weighted by Gasteiger charge is -1.85.